The standard InChI is InChI=1S/C20H21ClN2O3/c1-13(2)11-22-20(24)23-16-7-6-15(17(21)10-16)5-3-14-4-8-18-19(9-14)26-12-25-18/h3-10,13H,11-12H2,1-2H3,(H2,22,23,24)/b5-3+. The van der Waals surface area contributed by atoms with Crippen molar-refractivity contribution in [3.05, 3.63) is 52.5 Å². The number of fused-ring (bicyclic) bond motifs is 1. The molecule has 2 N–H and O–H groups in total. The predicted octanol–water partition coefficient (Wildman–Crippen LogP) is 5.02. The van der Waals surface area contributed by atoms with E-state index < -0.39 is 0 Å². The molecule has 2 aromatic rings. The third-order valence-corrected chi connectivity index (χ3v) is 4.11. The average Bonchev–Trinajstić information content (AvgIpc) is 3.07. The summed E-state index contributed by atoms with van der Waals surface area (Å²) in [4.78, 5) is 11.8. The second-order valence-corrected chi connectivity index (χ2v) is 6.82. The molecule has 6 heteroatoms. The minimum Gasteiger partial charge on any atom is -0.454 e. The van der Waals surface area contributed by atoms with Crippen molar-refractivity contribution < 1.29 is 14.3 Å². The zero-order valence-corrected chi connectivity index (χ0v) is 15.5. The molecule has 0 fully saturated rings. The van der Waals surface area contributed by atoms with E-state index in [0.717, 1.165) is 22.6 Å². The summed E-state index contributed by atoms with van der Waals surface area (Å²) in [5.41, 5.74) is 2.49. The van der Waals surface area contributed by atoms with E-state index in [9.17, 15) is 4.79 Å². The van der Waals surface area contributed by atoms with Crippen molar-refractivity contribution in [2.24, 2.45) is 5.92 Å². The van der Waals surface area contributed by atoms with Gasteiger partial charge in [0.15, 0.2) is 11.5 Å². The number of halogens is 1. The molecule has 0 unspecified atom stereocenters. The van der Waals surface area contributed by atoms with Gasteiger partial charge in [0, 0.05) is 17.3 Å². The van der Waals surface area contributed by atoms with E-state index in [1.165, 1.54) is 0 Å². The van der Waals surface area contributed by atoms with Crippen LogP contribution in [0.4, 0.5) is 10.5 Å². The minimum atomic E-state index is -0.238. The third-order valence-electron chi connectivity index (χ3n) is 3.78. The number of rotatable bonds is 5. The molecule has 0 radical (unpaired) electrons. The van der Waals surface area contributed by atoms with E-state index >= 15 is 0 Å². The first-order chi connectivity index (χ1) is 12.5. The molecule has 0 aliphatic carbocycles. The molecule has 0 bridgehead atoms. The fourth-order valence-electron chi connectivity index (χ4n) is 2.41. The van der Waals surface area contributed by atoms with E-state index in [1.807, 2.05) is 56.3 Å². The first kappa shape index (κ1) is 18.1. The summed E-state index contributed by atoms with van der Waals surface area (Å²) in [6, 6.07) is 10.9. The lowest BCUT2D eigenvalue weighted by molar-refractivity contribution is 0.174. The van der Waals surface area contributed by atoms with Crippen molar-refractivity contribution >= 4 is 35.5 Å². The molecule has 0 saturated heterocycles. The number of urea groups is 1. The molecule has 0 saturated carbocycles. The molecular weight excluding hydrogens is 352 g/mol. The highest BCUT2D eigenvalue weighted by atomic mass is 35.5. The smallest absolute Gasteiger partial charge is 0.319 e. The van der Waals surface area contributed by atoms with Crippen LogP contribution in [0.15, 0.2) is 36.4 Å². The Morgan fingerprint density at radius 1 is 1.15 bits per heavy atom. The van der Waals surface area contributed by atoms with Gasteiger partial charge in [-0.3, -0.25) is 0 Å². The highest BCUT2D eigenvalue weighted by Gasteiger charge is 2.12. The van der Waals surface area contributed by atoms with Gasteiger partial charge in [0.25, 0.3) is 0 Å². The lowest BCUT2D eigenvalue weighted by Gasteiger charge is -2.10. The summed E-state index contributed by atoms with van der Waals surface area (Å²) in [6.07, 6.45) is 3.87. The monoisotopic (exact) mass is 372 g/mol. The molecule has 26 heavy (non-hydrogen) atoms. The van der Waals surface area contributed by atoms with Gasteiger partial charge in [0.05, 0.1) is 0 Å². The molecule has 3 rings (SSSR count). The first-order valence-electron chi connectivity index (χ1n) is 8.43. The lowest BCUT2D eigenvalue weighted by atomic mass is 10.1. The van der Waals surface area contributed by atoms with E-state index in [0.29, 0.717) is 23.2 Å². The zero-order valence-electron chi connectivity index (χ0n) is 14.7. The Morgan fingerprint density at radius 2 is 1.96 bits per heavy atom. The van der Waals surface area contributed by atoms with E-state index in [4.69, 9.17) is 21.1 Å². The van der Waals surface area contributed by atoms with Crippen molar-refractivity contribution in [1.82, 2.24) is 5.32 Å². The summed E-state index contributed by atoms with van der Waals surface area (Å²) in [6.45, 7) is 4.96. The van der Waals surface area contributed by atoms with Gasteiger partial charge in [-0.05, 0) is 41.3 Å². The lowest BCUT2D eigenvalue weighted by Crippen LogP contribution is -2.31. The van der Waals surface area contributed by atoms with Gasteiger partial charge in [-0.1, -0.05) is 49.7 Å². The number of carbonyl (C=O) groups is 1. The highest BCUT2D eigenvalue weighted by molar-refractivity contribution is 6.32. The number of hydrogen-bond donors (Lipinski definition) is 2. The SMILES string of the molecule is CC(C)CNC(=O)Nc1ccc(/C=C/c2ccc3c(c2)OCO3)c(Cl)c1. The van der Waals surface area contributed by atoms with Gasteiger partial charge < -0.3 is 20.1 Å². The number of amides is 2. The van der Waals surface area contributed by atoms with Crippen LogP contribution in [-0.2, 0) is 0 Å². The quantitative estimate of drug-likeness (QED) is 0.725. The maximum absolute atomic E-state index is 11.8. The maximum atomic E-state index is 11.8. The topological polar surface area (TPSA) is 59.6 Å². The molecule has 2 amide bonds. The fraction of sp³-hybridized carbons (Fsp3) is 0.250. The van der Waals surface area contributed by atoms with Crippen molar-refractivity contribution in [2.75, 3.05) is 18.7 Å². The van der Waals surface area contributed by atoms with Crippen LogP contribution in [-0.4, -0.2) is 19.4 Å². The van der Waals surface area contributed by atoms with Crippen molar-refractivity contribution in [1.29, 1.82) is 0 Å². The Labute approximate surface area is 158 Å². The number of hydrogen-bond acceptors (Lipinski definition) is 3. The number of benzene rings is 2. The summed E-state index contributed by atoms with van der Waals surface area (Å²) >= 11 is 6.33. The van der Waals surface area contributed by atoms with Crippen LogP contribution in [0.25, 0.3) is 12.2 Å². The first-order valence-corrected chi connectivity index (χ1v) is 8.81. The highest BCUT2D eigenvalue weighted by Crippen LogP contribution is 2.33. The number of carbonyl (C=O) groups excluding carboxylic acids is 1. The van der Waals surface area contributed by atoms with Crippen LogP contribution in [0.5, 0.6) is 11.5 Å². The largest absolute Gasteiger partial charge is 0.454 e. The van der Waals surface area contributed by atoms with Gasteiger partial charge in [-0.25, -0.2) is 4.79 Å². The number of anilines is 1. The van der Waals surface area contributed by atoms with Crippen LogP contribution in [0.2, 0.25) is 5.02 Å². The Bertz CT molecular complexity index is 834. The molecule has 2 aromatic carbocycles. The van der Waals surface area contributed by atoms with Gasteiger partial charge in [-0.2, -0.15) is 0 Å². The number of nitrogens with one attached hydrogen (secondary N) is 2. The summed E-state index contributed by atoms with van der Waals surface area (Å²) < 4.78 is 10.7. The van der Waals surface area contributed by atoms with Crippen molar-refractivity contribution in [2.45, 2.75) is 13.8 Å². The summed E-state index contributed by atoms with van der Waals surface area (Å²) in [7, 11) is 0. The maximum Gasteiger partial charge on any atom is 0.319 e. The molecule has 136 valence electrons. The zero-order chi connectivity index (χ0) is 18.5. The molecule has 5 nitrogen and oxygen atoms in total. The van der Waals surface area contributed by atoms with E-state index in [-0.39, 0.29) is 12.8 Å². The van der Waals surface area contributed by atoms with E-state index in [1.54, 1.807) is 6.07 Å². The Hall–Kier alpha value is -2.66. The van der Waals surface area contributed by atoms with Crippen molar-refractivity contribution in [3.8, 4) is 11.5 Å². The van der Waals surface area contributed by atoms with Gasteiger partial charge in [-0.15, -0.1) is 0 Å². The second-order valence-electron chi connectivity index (χ2n) is 6.41. The van der Waals surface area contributed by atoms with E-state index in [2.05, 4.69) is 10.6 Å². The molecule has 1 heterocycles. The number of ether oxygens (including phenoxy) is 2. The molecule has 0 aromatic heterocycles. The van der Waals surface area contributed by atoms with Crippen LogP contribution in [0.1, 0.15) is 25.0 Å². The van der Waals surface area contributed by atoms with Crippen molar-refractivity contribution in [3.63, 3.8) is 0 Å². The molecule has 0 spiro atoms. The van der Waals surface area contributed by atoms with Gasteiger partial charge in [0.2, 0.25) is 6.79 Å². The van der Waals surface area contributed by atoms with Gasteiger partial charge in [0.1, 0.15) is 0 Å². The molecular formula is C20H21ClN2O3. The van der Waals surface area contributed by atoms with Crippen LogP contribution >= 0.6 is 11.6 Å². The normalized spacial score (nSPS) is 12.6. The molecule has 1 aliphatic rings. The summed E-state index contributed by atoms with van der Waals surface area (Å²) in [5, 5.41) is 6.14. The second kappa shape index (κ2) is 8.15. The van der Waals surface area contributed by atoms with Gasteiger partial charge >= 0.3 is 6.03 Å². The third kappa shape index (κ3) is 4.70. The Balaban J connectivity index is 1.65. The Morgan fingerprint density at radius 3 is 2.73 bits per heavy atom. The van der Waals surface area contributed by atoms with Crippen LogP contribution in [0.3, 0.4) is 0 Å². The summed E-state index contributed by atoms with van der Waals surface area (Å²) in [5.74, 6) is 1.89. The Kier molecular flexibility index (Phi) is 5.68. The van der Waals surface area contributed by atoms with Crippen LogP contribution in [0, 0.1) is 5.92 Å². The van der Waals surface area contributed by atoms with Crippen LogP contribution < -0.4 is 20.1 Å². The molecule has 0 atom stereocenters. The average molecular weight is 373 g/mol. The predicted molar refractivity (Wildman–Crippen MR) is 105 cm³/mol. The molecule has 1 aliphatic heterocycles. The minimum absolute atomic E-state index is 0.238. The fourth-order valence-corrected chi connectivity index (χ4v) is 2.66.